The van der Waals surface area contributed by atoms with Crippen molar-refractivity contribution in [2.75, 3.05) is 10.6 Å². The van der Waals surface area contributed by atoms with Crippen molar-refractivity contribution in [3.8, 4) is 0 Å². The molecule has 6 heteroatoms. The fraction of sp³-hybridized carbons (Fsp3) is 0.222. The number of amides is 2. The highest BCUT2D eigenvalue weighted by Gasteiger charge is 2.37. The maximum Gasteiger partial charge on any atom is 0.239 e. The lowest BCUT2D eigenvalue weighted by molar-refractivity contribution is -0.135. The van der Waals surface area contributed by atoms with Crippen molar-refractivity contribution < 1.29 is 18.4 Å². The Morgan fingerprint density at radius 2 is 1.42 bits per heavy atom. The summed E-state index contributed by atoms with van der Waals surface area (Å²) < 4.78 is 27.3. The van der Waals surface area contributed by atoms with E-state index in [1.807, 2.05) is 19.1 Å². The van der Waals surface area contributed by atoms with Gasteiger partial charge in [-0.2, -0.15) is 0 Å². The van der Waals surface area contributed by atoms with Crippen LogP contribution in [-0.2, 0) is 9.59 Å². The number of carbonyl (C=O) groups excluding carboxylic acids is 2. The number of aryl methyl sites for hydroxylation is 1. The molecule has 0 aliphatic carbocycles. The van der Waals surface area contributed by atoms with E-state index in [0.717, 1.165) is 17.7 Å². The molecule has 0 radical (unpaired) electrons. The second-order valence-corrected chi connectivity index (χ2v) is 5.94. The average Bonchev–Trinajstić information content (AvgIpc) is 2.53. The lowest BCUT2D eigenvalue weighted by atomic mass is 9.90. The first-order valence-corrected chi connectivity index (χ1v) is 7.36. The van der Waals surface area contributed by atoms with E-state index in [1.165, 1.54) is 19.9 Å². The second kappa shape index (κ2) is 6.78. The van der Waals surface area contributed by atoms with Crippen molar-refractivity contribution in [2.45, 2.75) is 20.8 Å². The Bertz CT molecular complexity index is 768. The molecule has 2 rings (SSSR count). The van der Waals surface area contributed by atoms with Crippen LogP contribution in [0.3, 0.4) is 0 Å². The summed E-state index contributed by atoms with van der Waals surface area (Å²) in [6.07, 6.45) is 0. The van der Waals surface area contributed by atoms with Crippen LogP contribution in [0, 0.1) is 24.0 Å². The summed E-state index contributed by atoms with van der Waals surface area (Å²) in [6.45, 7) is 4.58. The minimum atomic E-state index is -1.53. The zero-order valence-electron chi connectivity index (χ0n) is 13.6. The highest BCUT2D eigenvalue weighted by molar-refractivity contribution is 6.14. The standard InChI is InChI=1S/C18H18F2N2O2/c1-11-7-4-5-10-14(11)21-16(23)18(2,3)17(24)22-15-12(19)8-6-9-13(15)20/h4-10H,1-3H3,(H,21,23)(H,22,24). The molecular formula is C18H18F2N2O2. The lowest BCUT2D eigenvalue weighted by Gasteiger charge is -2.23. The van der Waals surface area contributed by atoms with Crippen molar-refractivity contribution in [3.05, 3.63) is 59.7 Å². The van der Waals surface area contributed by atoms with Gasteiger partial charge in [0.15, 0.2) is 0 Å². The van der Waals surface area contributed by atoms with Crippen LogP contribution in [0.15, 0.2) is 42.5 Å². The third-order valence-electron chi connectivity index (χ3n) is 3.73. The maximum absolute atomic E-state index is 13.6. The molecule has 0 saturated heterocycles. The number of carbonyl (C=O) groups is 2. The fourth-order valence-corrected chi connectivity index (χ4v) is 1.98. The number of hydrogen-bond acceptors (Lipinski definition) is 2. The summed E-state index contributed by atoms with van der Waals surface area (Å²) in [5, 5.41) is 4.81. The molecule has 0 fully saturated rings. The number of nitrogens with one attached hydrogen (secondary N) is 2. The first kappa shape index (κ1) is 17.6. The molecule has 2 amide bonds. The predicted octanol–water partition coefficient (Wildman–Crippen LogP) is 3.88. The molecule has 0 bridgehead atoms. The molecule has 0 aliphatic heterocycles. The SMILES string of the molecule is Cc1ccccc1NC(=O)C(C)(C)C(=O)Nc1c(F)cccc1F. The lowest BCUT2D eigenvalue weighted by Crippen LogP contribution is -2.42. The number of anilines is 2. The molecule has 2 aromatic rings. The van der Waals surface area contributed by atoms with Gasteiger partial charge in [-0.25, -0.2) is 8.78 Å². The fourth-order valence-electron chi connectivity index (χ4n) is 1.98. The summed E-state index contributed by atoms with van der Waals surface area (Å²) in [5.41, 5.74) is -0.696. The zero-order valence-corrected chi connectivity index (χ0v) is 13.6. The van der Waals surface area contributed by atoms with Crippen LogP contribution >= 0.6 is 0 Å². The van der Waals surface area contributed by atoms with Crippen molar-refractivity contribution in [3.63, 3.8) is 0 Å². The molecule has 0 unspecified atom stereocenters. The molecule has 0 atom stereocenters. The number of hydrogen-bond donors (Lipinski definition) is 2. The number of halogens is 2. The first-order valence-electron chi connectivity index (χ1n) is 7.36. The number of para-hydroxylation sites is 2. The van der Waals surface area contributed by atoms with Gasteiger partial charge in [0.05, 0.1) is 0 Å². The Morgan fingerprint density at radius 1 is 0.875 bits per heavy atom. The van der Waals surface area contributed by atoms with Gasteiger partial charge in [-0.1, -0.05) is 24.3 Å². The maximum atomic E-state index is 13.6. The summed E-state index contributed by atoms with van der Waals surface area (Å²) in [5.74, 6) is -3.19. The van der Waals surface area contributed by atoms with Crippen LogP contribution < -0.4 is 10.6 Å². The average molecular weight is 332 g/mol. The molecule has 0 saturated carbocycles. The Kier molecular flexibility index (Phi) is 4.97. The summed E-state index contributed by atoms with van der Waals surface area (Å²) >= 11 is 0. The van der Waals surface area contributed by atoms with Gasteiger partial charge in [-0.15, -0.1) is 0 Å². The molecule has 126 valence electrons. The van der Waals surface area contributed by atoms with Crippen LogP contribution in [0.5, 0.6) is 0 Å². The Balaban J connectivity index is 2.18. The van der Waals surface area contributed by atoms with E-state index < -0.39 is 34.6 Å². The van der Waals surface area contributed by atoms with Crippen molar-refractivity contribution in [2.24, 2.45) is 5.41 Å². The van der Waals surface area contributed by atoms with Crippen molar-refractivity contribution in [1.82, 2.24) is 0 Å². The third-order valence-corrected chi connectivity index (χ3v) is 3.73. The third kappa shape index (κ3) is 3.59. The van der Waals surface area contributed by atoms with E-state index in [4.69, 9.17) is 0 Å². The van der Waals surface area contributed by atoms with Crippen LogP contribution in [0.1, 0.15) is 19.4 Å². The summed E-state index contributed by atoms with van der Waals surface area (Å²) in [6, 6.07) is 10.3. The van der Waals surface area contributed by atoms with E-state index >= 15 is 0 Å². The van der Waals surface area contributed by atoms with Gasteiger partial charge >= 0.3 is 0 Å². The highest BCUT2D eigenvalue weighted by atomic mass is 19.1. The van der Waals surface area contributed by atoms with Gasteiger partial charge in [0.1, 0.15) is 22.7 Å². The molecule has 0 aliphatic rings. The minimum absolute atomic E-state index is 0.570. The second-order valence-electron chi connectivity index (χ2n) is 5.94. The topological polar surface area (TPSA) is 58.2 Å². The largest absolute Gasteiger partial charge is 0.325 e. The van der Waals surface area contributed by atoms with Gasteiger partial charge in [0.2, 0.25) is 11.8 Å². The quantitative estimate of drug-likeness (QED) is 0.835. The number of benzene rings is 2. The molecule has 0 heterocycles. The molecule has 4 nitrogen and oxygen atoms in total. The van der Waals surface area contributed by atoms with Gasteiger partial charge in [-0.3, -0.25) is 9.59 Å². The minimum Gasteiger partial charge on any atom is -0.325 e. The van der Waals surface area contributed by atoms with Gasteiger partial charge in [0, 0.05) is 5.69 Å². The Labute approximate surface area is 138 Å². The van der Waals surface area contributed by atoms with Gasteiger partial charge in [0.25, 0.3) is 0 Å². The van der Waals surface area contributed by atoms with Crippen LogP contribution in [0.4, 0.5) is 20.2 Å². The highest BCUT2D eigenvalue weighted by Crippen LogP contribution is 2.25. The van der Waals surface area contributed by atoms with E-state index in [-0.39, 0.29) is 0 Å². The Hall–Kier alpha value is -2.76. The molecule has 0 spiro atoms. The molecule has 2 N–H and O–H groups in total. The van der Waals surface area contributed by atoms with E-state index in [1.54, 1.807) is 12.1 Å². The van der Waals surface area contributed by atoms with Gasteiger partial charge in [-0.05, 0) is 44.5 Å². The van der Waals surface area contributed by atoms with Crippen molar-refractivity contribution >= 4 is 23.2 Å². The smallest absolute Gasteiger partial charge is 0.239 e. The van der Waals surface area contributed by atoms with E-state index in [0.29, 0.717) is 5.69 Å². The van der Waals surface area contributed by atoms with Crippen LogP contribution in [0.25, 0.3) is 0 Å². The van der Waals surface area contributed by atoms with Crippen molar-refractivity contribution in [1.29, 1.82) is 0 Å². The van der Waals surface area contributed by atoms with Gasteiger partial charge < -0.3 is 10.6 Å². The monoisotopic (exact) mass is 332 g/mol. The van der Waals surface area contributed by atoms with E-state index in [2.05, 4.69) is 10.6 Å². The van der Waals surface area contributed by atoms with Crippen LogP contribution in [0.2, 0.25) is 0 Å². The van der Waals surface area contributed by atoms with Crippen LogP contribution in [-0.4, -0.2) is 11.8 Å². The van der Waals surface area contributed by atoms with E-state index in [9.17, 15) is 18.4 Å². The molecule has 24 heavy (non-hydrogen) atoms. The summed E-state index contributed by atoms with van der Waals surface area (Å²) in [4.78, 5) is 24.8. The predicted molar refractivity (Wildman–Crippen MR) is 88.6 cm³/mol. The normalized spacial score (nSPS) is 11.0. The zero-order chi connectivity index (χ0) is 17.9. The molecular weight excluding hydrogens is 314 g/mol. The molecule has 2 aromatic carbocycles. The first-order chi connectivity index (χ1) is 11.2. The number of rotatable bonds is 4. The molecule has 0 aromatic heterocycles. The Morgan fingerprint density at radius 3 is 2.00 bits per heavy atom. The summed E-state index contributed by atoms with van der Waals surface area (Å²) in [7, 11) is 0.